The fourth-order valence-electron chi connectivity index (χ4n) is 2.27. The van der Waals surface area contributed by atoms with E-state index in [9.17, 15) is 14.7 Å². The van der Waals surface area contributed by atoms with E-state index in [4.69, 9.17) is 9.15 Å². The van der Waals surface area contributed by atoms with Gasteiger partial charge in [-0.15, -0.1) is 0 Å². The number of halogens is 1. The average Bonchev–Trinajstić information content (AvgIpc) is 3.25. The van der Waals surface area contributed by atoms with Gasteiger partial charge in [-0.3, -0.25) is 4.79 Å². The molecule has 0 spiro atoms. The number of nitrogens with one attached hydrogen (secondary N) is 1. The number of hydrogen-bond acceptors (Lipinski definition) is 6. The van der Waals surface area contributed by atoms with Gasteiger partial charge in [0.25, 0.3) is 5.91 Å². The third kappa shape index (κ3) is 4.93. The summed E-state index contributed by atoms with van der Waals surface area (Å²) in [6.07, 6.45) is 1.33. The highest BCUT2D eigenvalue weighted by molar-refractivity contribution is 9.10. The molecule has 7 nitrogen and oxygen atoms in total. The number of carbonyl (C=O) groups is 2. The zero-order chi connectivity index (χ0) is 19.9. The van der Waals surface area contributed by atoms with Crippen LogP contribution in [0.25, 0.3) is 0 Å². The molecule has 1 amide bonds. The molecule has 0 fully saturated rings. The third-order valence-electron chi connectivity index (χ3n) is 3.64. The van der Waals surface area contributed by atoms with Crippen LogP contribution in [0.15, 0.2) is 80.9 Å². The molecule has 0 aliphatic rings. The number of aliphatic hydroxyl groups excluding tert-OH is 1. The van der Waals surface area contributed by atoms with Gasteiger partial charge in [0.05, 0.1) is 12.5 Å². The Balaban J connectivity index is 1.70. The number of amides is 1. The van der Waals surface area contributed by atoms with Crippen LogP contribution in [0.5, 0.6) is 5.75 Å². The zero-order valence-corrected chi connectivity index (χ0v) is 16.0. The van der Waals surface area contributed by atoms with Gasteiger partial charge in [0.15, 0.2) is 6.10 Å². The Morgan fingerprint density at radius 3 is 2.64 bits per heavy atom. The van der Waals surface area contributed by atoms with Gasteiger partial charge < -0.3 is 14.3 Å². The standard InChI is InChI=1S/C20H15BrN2O5/c21-15-8-9-16(28-20(26)17-7-4-10-27-17)14(11-15)12-22-23-19(25)18(24)13-5-2-1-3-6-13/h1-12,18,24H,(H,23,25). The largest absolute Gasteiger partial charge is 0.457 e. The molecule has 1 aromatic heterocycles. The molecule has 142 valence electrons. The average molecular weight is 443 g/mol. The molecular formula is C20H15BrN2O5. The Morgan fingerprint density at radius 2 is 1.93 bits per heavy atom. The van der Waals surface area contributed by atoms with E-state index in [0.29, 0.717) is 11.1 Å². The molecule has 0 saturated heterocycles. The van der Waals surface area contributed by atoms with Gasteiger partial charge in [-0.1, -0.05) is 46.3 Å². The van der Waals surface area contributed by atoms with Gasteiger partial charge in [0, 0.05) is 10.0 Å². The number of rotatable bonds is 6. The lowest BCUT2D eigenvalue weighted by atomic mass is 10.1. The van der Waals surface area contributed by atoms with Crippen molar-refractivity contribution in [2.24, 2.45) is 5.10 Å². The summed E-state index contributed by atoms with van der Waals surface area (Å²) in [6, 6.07) is 16.5. The fraction of sp³-hybridized carbons (Fsp3) is 0.0500. The summed E-state index contributed by atoms with van der Waals surface area (Å²) in [5.41, 5.74) is 3.15. The molecule has 28 heavy (non-hydrogen) atoms. The van der Waals surface area contributed by atoms with Crippen molar-refractivity contribution in [3.8, 4) is 5.75 Å². The molecular weight excluding hydrogens is 428 g/mol. The quantitative estimate of drug-likeness (QED) is 0.263. The van der Waals surface area contributed by atoms with Crippen LogP contribution in [0.1, 0.15) is 27.8 Å². The van der Waals surface area contributed by atoms with Crippen LogP contribution >= 0.6 is 15.9 Å². The fourth-order valence-corrected chi connectivity index (χ4v) is 2.65. The van der Waals surface area contributed by atoms with Crippen molar-refractivity contribution in [3.05, 3.63) is 88.3 Å². The minimum atomic E-state index is -1.35. The monoisotopic (exact) mass is 442 g/mol. The highest BCUT2D eigenvalue weighted by atomic mass is 79.9. The maximum Gasteiger partial charge on any atom is 0.379 e. The van der Waals surface area contributed by atoms with E-state index in [1.165, 1.54) is 18.5 Å². The third-order valence-corrected chi connectivity index (χ3v) is 4.13. The smallest absolute Gasteiger partial charge is 0.379 e. The maximum absolute atomic E-state index is 12.1. The predicted molar refractivity (Wildman–Crippen MR) is 105 cm³/mol. The number of hydrazone groups is 1. The number of nitrogens with zero attached hydrogens (tertiary/aromatic N) is 1. The molecule has 1 heterocycles. The van der Waals surface area contributed by atoms with Crippen LogP contribution in [-0.4, -0.2) is 23.2 Å². The van der Waals surface area contributed by atoms with Crippen molar-refractivity contribution in [2.75, 3.05) is 0 Å². The van der Waals surface area contributed by atoms with Crippen LogP contribution in [0.4, 0.5) is 0 Å². The van der Waals surface area contributed by atoms with Crippen LogP contribution < -0.4 is 10.2 Å². The number of benzene rings is 2. The van der Waals surface area contributed by atoms with E-state index in [1.54, 1.807) is 54.6 Å². The van der Waals surface area contributed by atoms with Crippen molar-refractivity contribution in [3.63, 3.8) is 0 Å². The highest BCUT2D eigenvalue weighted by Crippen LogP contribution is 2.23. The summed E-state index contributed by atoms with van der Waals surface area (Å²) in [6.45, 7) is 0. The minimum absolute atomic E-state index is 0.0603. The topological polar surface area (TPSA) is 101 Å². The number of carbonyl (C=O) groups excluding carboxylic acids is 2. The molecule has 0 saturated carbocycles. The van der Waals surface area contributed by atoms with Gasteiger partial charge in [0.2, 0.25) is 5.76 Å². The molecule has 1 atom stereocenters. The molecule has 2 aromatic carbocycles. The molecule has 2 N–H and O–H groups in total. The van der Waals surface area contributed by atoms with E-state index < -0.39 is 18.0 Å². The first-order chi connectivity index (χ1) is 13.5. The number of furan rings is 1. The van der Waals surface area contributed by atoms with Gasteiger partial charge in [0.1, 0.15) is 5.75 Å². The molecule has 3 aromatic rings. The summed E-state index contributed by atoms with van der Waals surface area (Å²) in [5, 5.41) is 13.9. The van der Waals surface area contributed by atoms with Crippen molar-refractivity contribution in [1.82, 2.24) is 5.43 Å². The Hall–Kier alpha value is -3.23. The predicted octanol–water partition coefficient (Wildman–Crippen LogP) is 3.45. The van der Waals surface area contributed by atoms with Crippen LogP contribution in [-0.2, 0) is 4.79 Å². The van der Waals surface area contributed by atoms with Crippen molar-refractivity contribution < 1.29 is 23.8 Å². The molecule has 0 aliphatic carbocycles. The Morgan fingerprint density at radius 1 is 1.14 bits per heavy atom. The van der Waals surface area contributed by atoms with Crippen LogP contribution in [0.2, 0.25) is 0 Å². The second-order valence-electron chi connectivity index (χ2n) is 5.60. The number of aliphatic hydroxyl groups is 1. The number of ether oxygens (including phenoxy) is 1. The van der Waals surface area contributed by atoms with E-state index in [-0.39, 0.29) is 11.5 Å². The summed E-state index contributed by atoms with van der Waals surface area (Å²) < 4.78 is 11.0. The van der Waals surface area contributed by atoms with Gasteiger partial charge in [-0.25, -0.2) is 10.2 Å². The molecule has 0 radical (unpaired) electrons. The van der Waals surface area contributed by atoms with E-state index in [1.807, 2.05) is 0 Å². The SMILES string of the molecule is O=C(Oc1ccc(Br)cc1C=NNC(=O)C(O)c1ccccc1)c1ccco1. The lowest BCUT2D eigenvalue weighted by Crippen LogP contribution is -2.25. The second kappa shape index (κ2) is 9.12. The Bertz CT molecular complexity index is 987. The van der Waals surface area contributed by atoms with Crippen LogP contribution in [0, 0.1) is 0 Å². The molecule has 3 rings (SSSR count). The first kappa shape index (κ1) is 19.5. The Kier molecular flexibility index (Phi) is 6.36. The minimum Gasteiger partial charge on any atom is -0.457 e. The Labute approximate surface area is 168 Å². The van der Waals surface area contributed by atoms with Crippen molar-refractivity contribution in [1.29, 1.82) is 0 Å². The maximum atomic E-state index is 12.1. The highest BCUT2D eigenvalue weighted by Gasteiger charge is 2.17. The first-order valence-corrected chi connectivity index (χ1v) is 8.95. The lowest BCUT2D eigenvalue weighted by molar-refractivity contribution is -0.129. The van der Waals surface area contributed by atoms with Gasteiger partial charge in [-0.2, -0.15) is 5.10 Å². The molecule has 0 bridgehead atoms. The van der Waals surface area contributed by atoms with Crippen LogP contribution in [0.3, 0.4) is 0 Å². The lowest BCUT2D eigenvalue weighted by Gasteiger charge is -2.09. The normalized spacial score (nSPS) is 11.9. The molecule has 0 aliphatic heterocycles. The van der Waals surface area contributed by atoms with Gasteiger partial charge in [-0.05, 0) is 35.9 Å². The summed E-state index contributed by atoms with van der Waals surface area (Å²) >= 11 is 3.33. The molecule has 8 heteroatoms. The molecule has 1 unspecified atom stereocenters. The van der Waals surface area contributed by atoms with Gasteiger partial charge >= 0.3 is 5.97 Å². The summed E-state index contributed by atoms with van der Waals surface area (Å²) in [4.78, 5) is 24.1. The number of esters is 1. The van der Waals surface area contributed by atoms with E-state index in [0.717, 1.165) is 4.47 Å². The first-order valence-electron chi connectivity index (χ1n) is 8.16. The number of hydrogen-bond donors (Lipinski definition) is 2. The van der Waals surface area contributed by atoms with E-state index in [2.05, 4.69) is 26.5 Å². The van der Waals surface area contributed by atoms with E-state index >= 15 is 0 Å². The summed E-state index contributed by atoms with van der Waals surface area (Å²) in [5.74, 6) is -1.06. The second-order valence-corrected chi connectivity index (χ2v) is 6.51. The van der Waals surface area contributed by atoms with Crippen molar-refractivity contribution >= 4 is 34.0 Å². The van der Waals surface area contributed by atoms with Crippen molar-refractivity contribution in [2.45, 2.75) is 6.10 Å². The summed E-state index contributed by atoms with van der Waals surface area (Å²) in [7, 11) is 0. The zero-order valence-electron chi connectivity index (χ0n) is 14.4.